The van der Waals surface area contributed by atoms with Crippen LogP contribution in [0.4, 0.5) is 26.3 Å². The molecule has 0 saturated carbocycles. The van der Waals surface area contributed by atoms with E-state index in [9.17, 15) is 26.3 Å². The lowest BCUT2D eigenvalue weighted by molar-refractivity contribution is -0.289. The second-order valence-electron chi connectivity index (χ2n) is 3.39. The molecule has 0 fully saturated rings. The first-order chi connectivity index (χ1) is 6.46. The fourth-order valence-electron chi connectivity index (χ4n) is 1.19. The van der Waals surface area contributed by atoms with Gasteiger partial charge in [-0.15, -0.1) is 6.58 Å². The summed E-state index contributed by atoms with van der Waals surface area (Å²) in [5.41, 5.74) is 5.07. The molecule has 0 saturated heterocycles. The molecule has 0 bridgehead atoms. The second kappa shape index (κ2) is 4.42. The van der Waals surface area contributed by atoms with Gasteiger partial charge in [-0.1, -0.05) is 5.57 Å². The predicted molar refractivity (Wildman–Crippen MR) is 43.0 cm³/mol. The van der Waals surface area contributed by atoms with Crippen molar-refractivity contribution in [2.24, 2.45) is 11.7 Å². The van der Waals surface area contributed by atoms with Crippen molar-refractivity contribution in [3.8, 4) is 0 Å². The molecule has 7 heteroatoms. The molecule has 90 valence electrons. The Morgan fingerprint density at radius 1 is 1.13 bits per heavy atom. The molecule has 0 radical (unpaired) electrons. The molecule has 0 spiro atoms. The average Bonchev–Trinajstić information content (AvgIpc) is 1.74. The van der Waals surface area contributed by atoms with E-state index in [1.54, 1.807) is 0 Å². The Labute approximate surface area is 82.9 Å². The molecule has 15 heavy (non-hydrogen) atoms. The maximum atomic E-state index is 12.1. The molecule has 2 N–H and O–H groups in total. The van der Waals surface area contributed by atoms with Crippen LogP contribution in [0.2, 0.25) is 0 Å². The number of hydrogen-bond donors (Lipinski definition) is 1. The molecule has 1 atom stereocenters. The molecule has 0 aromatic carbocycles. The van der Waals surface area contributed by atoms with E-state index >= 15 is 0 Å². The van der Waals surface area contributed by atoms with Crippen LogP contribution in [0, 0.1) is 5.92 Å². The normalized spacial score (nSPS) is 15.5. The highest BCUT2D eigenvalue weighted by Crippen LogP contribution is 2.41. The van der Waals surface area contributed by atoms with E-state index in [4.69, 9.17) is 5.73 Å². The van der Waals surface area contributed by atoms with Crippen LogP contribution < -0.4 is 5.73 Å². The highest BCUT2D eigenvalue weighted by molar-refractivity contribution is 4.97. The summed E-state index contributed by atoms with van der Waals surface area (Å²) in [6.45, 7) is 4.55. The SMILES string of the molecule is C=C(C)CC(N)C(C(F)(F)F)C(F)(F)F. The van der Waals surface area contributed by atoms with Crippen molar-refractivity contribution in [1.29, 1.82) is 0 Å². The predicted octanol–water partition coefficient (Wildman–Crippen LogP) is 3.02. The van der Waals surface area contributed by atoms with Crippen molar-refractivity contribution in [1.82, 2.24) is 0 Å². The van der Waals surface area contributed by atoms with Crippen molar-refractivity contribution >= 4 is 0 Å². The second-order valence-corrected chi connectivity index (χ2v) is 3.39. The van der Waals surface area contributed by atoms with Crippen LogP contribution in [0.1, 0.15) is 13.3 Å². The van der Waals surface area contributed by atoms with Crippen LogP contribution in [0.25, 0.3) is 0 Å². The first-order valence-corrected chi connectivity index (χ1v) is 3.99. The number of hydrogen-bond acceptors (Lipinski definition) is 1. The smallest absolute Gasteiger partial charge is 0.327 e. The zero-order chi connectivity index (χ0) is 12.4. The summed E-state index contributed by atoms with van der Waals surface area (Å²) in [4.78, 5) is 0. The summed E-state index contributed by atoms with van der Waals surface area (Å²) in [6.07, 6.45) is -11.3. The number of rotatable bonds is 3. The van der Waals surface area contributed by atoms with E-state index in [-0.39, 0.29) is 5.57 Å². The number of alkyl halides is 6. The van der Waals surface area contributed by atoms with Gasteiger partial charge in [0.05, 0.1) is 0 Å². The summed E-state index contributed by atoms with van der Waals surface area (Å²) < 4.78 is 72.5. The first kappa shape index (κ1) is 14.3. The number of halogens is 6. The maximum Gasteiger partial charge on any atom is 0.402 e. The van der Waals surface area contributed by atoms with Crippen molar-refractivity contribution in [3.05, 3.63) is 12.2 Å². The molecule has 0 heterocycles. The molecule has 0 aromatic rings. The summed E-state index contributed by atoms with van der Waals surface area (Å²) in [6, 6.07) is -2.04. The quantitative estimate of drug-likeness (QED) is 0.590. The largest absolute Gasteiger partial charge is 0.402 e. The Morgan fingerprint density at radius 2 is 1.47 bits per heavy atom. The first-order valence-electron chi connectivity index (χ1n) is 3.99. The van der Waals surface area contributed by atoms with Gasteiger partial charge in [-0.2, -0.15) is 26.3 Å². The van der Waals surface area contributed by atoms with E-state index in [2.05, 4.69) is 6.58 Å². The minimum absolute atomic E-state index is 0.181. The highest BCUT2D eigenvalue weighted by atomic mass is 19.4. The van der Waals surface area contributed by atoms with E-state index < -0.39 is 30.7 Å². The zero-order valence-corrected chi connectivity index (χ0v) is 7.91. The third-order valence-corrected chi connectivity index (χ3v) is 1.72. The third-order valence-electron chi connectivity index (χ3n) is 1.72. The average molecular weight is 235 g/mol. The van der Waals surface area contributed by atoms with Gasteiger partial charge in [-0.25, -0.2) is 0 Å². The van der Waals surface area contributed by atoms with Gasteiger partial charge in [0.1, 0.15) is 0 Å². The van der Waals surface area contributed by atoms with Gasteiger partial charge in [0.25, 0.3) is 0 Å². The Balaban J connectivity index is 4.88. The molecular weight excluding hydrogens is 224 g/mol. The van der Waals surface area contributed by atoms with E-state index in [1.807, 2.05) is 0 Å². The number of nitrogens with two attached hydrogens (primary N) is 1. The van der Waals surface area contributed by atoms with Crippen LogP contribution in [0.15, 0.2) is 12.2 Å². The molecule has 0 amide bonds. The Bertz CT molecular complexity index is 214. The van der Waals surface area contributed by atoms with Crippen LogP contribution in [-0.2, 0) is 0 Å². The van der Waals surface area contributed by atoms with Gasteiger partial charge >= 0.3 is 12.4 Å². The fourth-order valence-corrected chi connectivity index (χ4v) is 1.19. The topological polar surface area (TPSA) is 26.0 Å². The van der Waals surface area contributed by atoms with Gasteiger partial charge in [-0.3, -0.25) is 0 Å². The lowest BCUT2D eigenvalue weighted by Crippen LogP contribution is -2.48. The van der Waals surface area contributed by atoms with Gasteiger partial charge in [0.15, 0.2) is 5.92 Å². The van der Waals surface area contributed by atoms with Gasteiger partial charge in [0, 0.05) is 6.04 Å². The van der Waals surface area contributed by atoms with Gasteiger partial charge in [0.2, 0.25) is 0 Å². The van der Waals surface area contributed by atoms with Crippen LogP contribution in [0.3, 0.4) is 0 Å². The molecule has 0 aliphatic carbocycles. The zero-order valence-electron chi connectivity index (χ0n) is 7.91. The molecule has 1 unspecified atom stereocenters. The van der Waals surface area contributed by atoms with Gasteiger partial charge < -0.3 is 5.73 Å². The van der Waals surface area contributed by atoms with Crippen molar-refractivity contribution in [2.75, 3.05) is 0 Å². The van der Waals surface area contributed by atoms with E-state index in [0.29, 0.717) is 0 Å². The Hall–Kier alpha value is -0.720. The van der Waals surface area contributed by atoms with Crippen LogP contribution in [-0.4, -0.2) is 18.4 Å². The van der Waals surface area contributed by atoms with E-state index in [0.717, 1.165) is 0 Å². The Morgan fingerprint density at radius 3 is 1.67 bits per heavy atom. The standard InChI is InChI=1S/C8H11F6N/c1-4(2)3-5(15)6(7(9,10)11)8(12,13)14/h5-6H,1,3,15H2,2H3. The summed E-state index contributed by atoms with van der Waals surface area (Å²) in [5, 5.41) is 0. The Kier molecular flexibility index (Phi) is 4.21. The molecule has 0 aliphatic heterocycles. The molecule has 0 aromatic heterocycles. The summed E-state index contributed by atoms with van der Waals surface area (Å²) in [7, 11) is 0. The molecule has 1 nitrogen and oxygen atoms in total. The van der Waals surface area contributed by atoms with Crippen molar-refractivity contribution < 1.29 is 26.3 Å². The van der Waals surface area contributed by atoms with Crippen molar-refractivity contribution in [3.63, 3.8) is 0 Å². The minimum Gasteiger partial charge on any atom is -0.327 e. The van der Waals surface area contributed by atoms with Crippen LogP contribution >= 0.6 is 0 Å². The minimum atomic E-state index is -5.38. The third kappa shape index (κ3) is 4.55. The lowest BCUT2D eigenvalue weighted by atomic mass is 9.94. The summed E-state index contributed by atoms with van der Waals surface area (Å²) >= 11 is 0. The fraction of sp³-hybridized carbons (Fsp3) is 0.750. The maximum absolute atomic E-state index is 12.1. The molecule has 0 aliphatic rings. The lowest BCUT2D eigenvalue weighted by Gasteiger charge is -2.28. The molecule has 0 rings (SSSR count). The highest BCUT2D eigenvalue weighted by Gasteiger charge is 2.59. The molecular formula is C8H11F6N. The van der Waals surface area contributed by atoms with Crippen molar-refractivity contribution in [2.45, 2.75) is 31.7 Å². The van der Waals surface area contributed by atoms with E-state index in [1.165, 1.54) is 6.92 Å². The summed E-state index contributed by atoms with van der Waals surface area (Å²) in [5.74, 6) is -3.50. The van der Waals surface area contributed by atoms with Gasteiger partial charge in [-0.05, 0) is 13.3 Å². The van der Waals surface area contributed by atoms with Crippen LogP contribution in [0.5, 0.6) is 0 Å². The monoisotopic (exact) mass is 235 g/mol.